The summed E-state index contributed by atoms with van der Waals surface area (Å²) in [6.07, 6.45) is 4.09. The van der Waals surface area contributed by atoms with Gasteiger partial charge in [-0.3, -0.25) is 9.69 Å². The highest BCUT2D eigenvalue weighted by molar-refractivity contribution is 5.89. The van der Waals surface area contributed by atoms with Gasteiger partial charge in [-0.15, -0.1) is 24.8 Å². The third-order valence-electron chi connectivity index (χ3n) is 7.23. The Morgan fingerprint density at radius 2 is 1.83 bits per heavy atom. The van der Waals surface area contributed by atoms with Gasteiger partial charge in [0.15, 0.2) is 0 Å². The van der Waals surface area contributed by atoms with Gasteiger partial charge < -0.3 is 15.8 Å². The molecular formula is C22H35Cl2N3O2. The van der Waals surface area contributed by atoms with Gasteiger partial charge in [0.2, 0.25) is 5.91 Å². The number of carbonyl (C=O) groups is 1. The van der Waals surface area contributed by atoms with Crippen molar-refractivity contribution in [3.8, 4) is 0 Å². The second-order valence-corrected chi connectivity index (χ2v) is 9.14. The molecule has 0 bridgehead atoms. The third-order valence-corrected chi connectivity index (χ3v) is 7.23. The van der Waals surface area contributed by atoms with Gasteiger partial charge in [0.1, 0.15) is 5.54 Å². The number of halogens is 2. The fourth-order valence-corrected chi connectivity index (χ4v) is 5.42. The van der Waals surface area contributed by atoms with Crippen LogP contribution in [0, 0.1) is 11.3 Å². The van der Waals surface area contributed by atoms with Crippen LogP contribution in [0.4, 0.5) is 0 Å². The third kappa shape index (κ3) is 4.31. The number of fused-ring (bicyclic) bond motifs is 1. The molecule has 5 nitrogen and oxygen atoms in total. The molecule has 0 aromatic heterocycles. The van der Waals surface area contributed by atoms with E-state index in [9.17, 15) is 4.79 Å². The van der Waals surface area contributed by atoms with Gasteiger partial charge in [-0.2, -0.15) is 0 Å². The Labute approximate surface area is 186 Å². The normalized spacial score (nSPS) is 31.4. The first-order valence-corrected chi connectivity index (χ1v) is 10.4. The number of rotatable bonds is 4. The van der Waals surface area contributed by atoms with Crippen LogP contribution in [0.5, 0.6) is 0 Å². The number of nitrogens with one attached hydrogen (secondary N) is 1. The Morgan fingerprint density at radius 1 is 1.17 bits per heavy atom. The highest BCUT2D eigenvalue weighted by Gasteiger charge is 2.70. The molecular weight excluding hydrogens is 409 g/mol. The van der Waals surface area contributed by atoms with Crippen LogP contribution in [0.25, 0.3) is 0 Å². The molecule has 2 aliphatic heterocycles. The van der Waals surface area contributed by atoms with Crippen LogP contribution < -0.4 is 11.1 Å². The zero-order valence-corrected chi connectivity index (χ0v) is 19.1. The zero-order chi connectivity index (χ0) is 19.1. The molecule has 3 N–H and O–H groups in total. The number of carbonyl (C=O) groups excluding carboxylic acids is 1. The van der Waals surface area contributed by atoms with Crippen molar-refractivity contribution in [2.75, 3.05) is 19.7 Å². The second-order valence-electron chi connectivity index (χ2n) is 9.14. The molecule has 3 unspecified atom stereocenters. The van der Waals surface area contributed by atoms with Gasteiger partial charge in [-0.1, -0.05) is 44.2 Å². The number of piperidine rings is 1. The van der Waals surface area contributed by atoms with E-state index in [0.29, 0.717) is 0 Å². The van der Waals surface area contributed by atoms with Gasteiger partial charge in [0, 0.05) is 43.6 Å². The molecule has 7 heteroatoms. The first kappa shape index (κ1) is 24.4. The van der Waals surface area contributed by atoms with Gasteiger partial charge in [-0.25, -0.2) is 0 Å². The number of ether oxygens (including phenoxy) is 1. The highest BCUT2D eigenvalue weighted by atomic mass is 35.5. The van der Waals surface area contributed by atoms with Crippen molar-refractivity contribution < 1.29 is 9.53 Å². The van der Waals surface area contributed by atoms with E-state index in [2.05, 4.69) is 54.4 Å². The summed E-state index contributed by atoms with van der Waals surface area (Å²) in [5.74, 6) is 0.181. The molecule has 164 valence electrons. The predicted molar refractivity (Wildman–Crippen MR) is 121 cm³/mol. The predicted octanol–water partition coefficient (Wildman–Crippen LogP) is 3.14. The summed E-state index contributed by atoms with van der Waals surface area (Å²) in [4.78, 5) is 15.6. The molecule has 29 heavy (non-hydrogen) atoms. The quantitative estimate of drug-likeness (QED) is 0.749. The fraction of sp³-hybridized carbons (Fsp3) is 0.682. The van der Waals surface area contributed by atoms with Crippen LogP contribution in [-0.2, 0) is 16.1 Å². The van der Waals surface area contributed by atoms with Gasteiger partial charge in [-0.05, 0) is 31.2 Å². The van der Waals surface area contributed by atoms with Gasteiger partial charge >= 0.3 is 0 Å². The molecule has 1 saturated carbocycles. The molecule has 4 rings (SSSR count). The summed E-state index contributed by atoms with van der Waals surface area (Å²) in [6.45, 7) is 7.97. The molecule has 0 spiro atoms. The summed E-state index contributed by atoms with van der Waals surface area (Å²) >= 11 is 0. The van der Waals surface area contributed by atoms with E-state index in [0.717, 1.165) is 51.9 Å². The van der Waals surface area contributed by atoms with Crippen molar-refractivity contribution in [1.29, 1.82) is 0 Å². The van der Waals surface area contributed by atoms with Crippen molar-refractivity contribution in [3.05, 3.63) is 35.9 Å². The van der Waals surface area contributed by atoms with E-state index >= 15 is 0 Å². The van der Waals surface area contributed by atoms with Crippen LogP contribution in [0.2, 0.25) is 0 Å². The molecule has 1 aromatic carbocycles. The van der Waals surface area contributed by atoms with E-state index in [1.54, 1.807) is 0 Å². The Kier molecular flexibility index (Phi) is 8.02. The standard InChI is InChI=1S/C22H33N3O2.2ClH/c1-21(2)19-18(9-6-14-27-19)22(21,23)20(26)24-17-10-12-25(13-11-17)15-16-7-4-3-5-8-16;;/h3-5,7-8,17-19H,6,9-15,23H2,1-2H3,(H,24,26);2*1H. The Hall–Kier alpha value is -0.850. The Balaban J connectivity index is 0.00000150. The van der Waals surface area contributed by atoms with E-state index in [1.165, 1.54) is 5.56 Å². The SMILES string of the molecule is CC1(C)C2OCCCC2C1(N)C(=O)NC1CCN(Cc2ccccc2)CC1.Cl.Cl. The number of hydrogen-bond acceptors (Lipinski definition) is 4. The van der Waals surface area contributed by atoms with Crippen LogP contribution in [0.3, 0.4) is 0 Å². The van der Waals surface area contributed by atoms with E-state index < -0.39 is 5.54 Å². The first-order chi connectivity index (χ1) is 12.9. The first-order valence-electron chi connectivity index (χ1n) is 10.4. The number of benzene rings is 1. The maximum absolute atomic E-state index is 13.2. The molecule has 3 fully saturated rings. The fourth-order valence-electron chi connectivity index (χ4n) is 5.42. The maximum atomic E-state index is 13.2. The van der Waals surface area contributed by atoms with Crippen molar-refractivity contribution in [2.24, 2.45) is 17.1 Å². The van der Waals surface area contributed by atoms with Crippen molar-refractivity contribution in [2.45, 2.75) is 63.8 Å². The molecule has 0 radical (unpaired) electrons. The smallest absolute Gasteiger partial charge is 0.241 e. The number of amides is 1. The number of nitrogens with zero attached hydrogens (tertiary/aromatic N) is 1. The topological polar surface area (TPSA) is 67.6 Å². The maximum Gasteiger partial charge on any atom is 0.241 e. The summed E-state index contributed by atoms with van der Waals surface area (Å²) in [5.41, 5.74) is 6.95. The lowest BCUT2D eigenvalue weighted by atomic mass is 9.46. The number of nitrogens with two attached hydrogens (primary N) is 1. The minimum atomic E-state index is -0.806. The lowest BCUT2D eigenvalue weighted by molar-refractivity contribution is -0.225. The van der Waals surface area contributed by atoms with Crippen molar-refractivity contribution in [1.82, 2.24) is 10.2 Å². The zero-order valence-electron chi connectivity index (χ0n) is 17.4. The van der Waals surface area contributed by atoms with Gasteiger partial charge in [0.05, 0.1) is 6.10 Å². The molecule has 3 aliphatic rings. The average molecular weight is 444 g/mol. The summed E-state index contributed by atoms with van der Waals surface area (Å²) in [6, 6.07) is 10.8. The molecule has 1 aromatic rings. The van der Waals surface area contributed by atoms with E-state index in [1.807, 2.05) is 0 Å². The lowest BCUT2D eigenvalue weighted by Gasteiger charge is -2.65. The summed E-state index contributed by atoms with van der Waals surface area (Å²) in [7, 11) is 0. The molecule has 1 amide bonds. The average Bonchev–Trinajstić information content (AvgIpc) is 2.69. The summed E-state index contributed by atoms with van der Waals surface area (Å²) < 4.78 is 5.93. The minimum Gasteiger partial charge on any atom is -0.377 e. The minimum absolute atomic E-state index is 0. The van der Waals surface area contributed by atoms with Crippen LogP contribution in [0.15, 0.2) is 30.3 Å². The summed E-state index contributed by atoms with van der Waals surface area (Å²) in [5, 5.41) is 3.29. The number of likely N-dealkylation sites (tertiary alicyclic amines) is 1. The molecule has 1 aliphatic carbocycles. The second kappa shape index (κ2) is 9.52. The van der Waals surface area contributed by atoms with Crippen molar-refractivity contribution in [3.63, 3.8) is 0 Å². The van der Waals surface area contributed by atoms with Crippen LogP contribution in [-0.4, -0.2) is 48.2 Å². The lowest BCUT2D eigenvalue weighted by Crippen LogP contribution is -2.82. The van der Waals surface area contributed by atoms with Crippen LogP contribution in [0.1, 0.15) is 45.1 Å². The van der Waals surface area contributed by atoms with Gasteiger partial charge in [0.25, 0.3) is 0 Å². The molecule has 2 saturated heterocycles. The highest BCUT2D eigenvalue weighted by Crippen LogP contribution is 2.57. The van der Waals surface area contributed by atoms with E-state index in [4.69, 9.17) is 10.5 Å². The largest absolute Gasteiger partial charge is 0.377 e. The monoisotopic (exact) mass is 443 g/mol. The van der Waals surface area contributed by atoms with E-state index in [-0.39, 0.29) is 54.2 Å². The van der Waals surface area contributed by atoms with Crippen LogP contribution >= 0.6 is 24.8 Å². The Bertz CT molecular complexity index is 680. The van der Waals surface area contributed by atoms with Crippen molar-refractivity contribution >= 4 is 30.7 Å². The molecule has 3 atom stereocenters. The Morgan fingerprint density at radius 3 is 2.48 bits per heavy atom. The molecule has 2 heterocycles. The number of hydrogen-bond donors (Lipinski definition) is 2.